The highest BCUT2D eigenvalue weighted by molar-refractivity contribution is 5.79. The van der Waals surface area contributed by atoms with Crippen molar-refractivity contribution in [3.8, 4) is 0 Å². The van der Waals surface area contributed by atoms with Crippen molar-refractivity contribution in [3.05, 3.63) is 0 Å². The van der Waals surface area contributed by atoms with Gasteiger partial charge in [-0.05, 0) is 26.7 Å². The lowest BCUT2D eigenvalue weighted by Crippen LogP contribution is -2.39. The van der Waals surface area contributed by atoms with E-state index in [1.807, 2.05) is 0 Å². The highest BCUT2D eigenvalue weighted by Crippen LogP contribution is 2.41. The van der Waals surface area contributed by atoms with E-state index < -0.39 is 0 Å². The van der Waals surface area contributed by atoms with Crippen molar-refractivity contribution in [2.24, 2.45) is 5.41 Å². The summed E-state index contributed by atoms with van der Waals surface area (Å²) in [6.45, 7) is 5.05. The fourth-order valence-corrected chi connectivity index (χ4v) is 2.84. The molecule has 0 aromatic carbocycles. The highest BCUT2D eigenvalue weighted by atomic mass is 16.5. The zero-order valence-corrected chi connectivity index (χ0v) is 8.30. The SMILES string of the molecule is CC1CC2(CNC(=O)C2)CC(C)O1. The van der Waals surface area contributed by atoms with E-state index in [9.17, 15) is 4.79 Å². The molecule has 3 heteroatoms. The summed E-state index contributed by atoms with van der Waals surface area (Å²) in [6.07, 6.45) is 3.35. The van der Waals surface area contributed by atoms with Crippen LogP contribution < -0.4 is 5.32 Å². The fraction of sp³-hybridized carbons (Fsp3) is 0.900. The molecular weight excluding hydrogens is 166 g/mol. The minimum atomic E-state index is 0.203. The summed E-state index contributed by atoms with van der Waals surface area (Å²) in [7, 11) is 0. The standard InChI is InChI=1S/C10H17NO2/c1-7-3-10(4-8(2)13-7)5-9(12)11-6-10/h7-8H,3-6H2,1-2H3,(H,11,12). The molecular formula is C10H17NO2. The van der Waals surface area contributed by atoms with E-state index in [1.54, 1.807) is 0 Å². The van der Waals surface area contributed by atoms with E-state index in [0.717, 1.165) is 19.4 Å². The van der Waals surface area contributed by atoms with E-state index in [1.165, 1.54) is 0 Å². The molecule has 1 amide bonds. The zero-order chi connectivity index (χ0) is 9.47. The Morgan fingerprint density at radius 3 is 2.46 bits per heavy atom. The van der Waals surface area contributed by atoms with Gasteiger partial charge in [-0.3, -0.25) is 4.79 Å². The number of hydrogen-bond donors (Lipinski definition) is 1. The molecule has 2 unspecified atom stereocenters. The van der Waals surface area contributed by atoms with E-state index in [4.69, 9.17) is 4.74 Å². The predicted octanol–water partition coefficient (Wildman–Crippen LogP) is 1.08. The smallest absolute Gasteiger partial charge is 0.220 e. The van der Waals surface area contributed by atoms with Gasteiger partial charge in [0.25, 0.3) is 0 Å². The number of ether oxygens (including phenoxy) is 1. The lowest BCUT2D eigenvalue weighted by atomic mass is 9.75. The molecule has 2 aliphatic rings. The van der Waals surface area contributed by atoms with Crippen LogP contribution >= 0.6 is 0 Å². The van der Waals surface area contributed by atoms with E-state index in [-0.39, 0.29) is 11.3 Å². The summed E-state index contributed by atoms with van der Waals surface area (Å²) in [4.78, 5) is 11.2. The van der Waals surface area contributed by atoms with Crippen molar-refractivity contribution in [2.75, 3.05) is 6.54 Å². The second-order valence-electron chi connectivity index (χ2n) is 4.62. The molecule has 0 saturated carbocycles. The van der Waals surface area contributed by atoms with E-state index in [0.29, 0.717) is 18.6 Å². The first-order valence-corrected chi connectivity index (χ1v) is 5.02. The zero-order valence-electron chi connectivity index (χ0n) is 8.30. The van der Waals surface area contributed by atoms with Crippen LogP contribution in [0.1, 0.15) is 33.1 Å². The molecule has 2 rings (SSSR count). The number of amides is 1. The molecule has 2 fully saturated rings. The Kier molecular flexibility index (Phi) is 2.06. The van der Waals surface area contributed by atoms with Gasteiger partial charge in [0, 0.05) is 18.4 Å². The van der Waals surface area contributed by atoms with Gasteiger partial charge in [-0.2, -0.15) is 0 Å². The molecule has 0 radical (unpaired) electrons. The first kappa shape index (κ1) is 9.00. The van der Waals surface area contributed by atoms with Gasteiger partial charge in [0.15, 0.2) is 0 Å². The second-order valence-corrected chi connectivity index (χ2v) is 4.62. The van der Waals surface area contributed by atoms with Crippen molar-refractivity contribution >= 4 is 5.91 Å². The number of rotatable bonds is 0. The molecule has 0 aromatic heterocycles. The predicted molar refractivity (Wildman–Crippen MR) is 49.3 cm³/mol. The second kappa shape index (κ2) is 2.98. The van der Waals surface area contributed by atoms with Gasteiger partial charge in [0.1, 0.15) is 0 Å². The molecule has 2 saturated heterocycles. The Morgan fingerprint density at radius 1 is 1.38 bits per heavy atom. The fourth-order valence-electron chi connectivity index (χ4n) is 2.84. The molecule has 74 valence electrons. The monoisotopic (exact) mass is 183 g/mol. The van der Waals surface area contributed by atoms with Crippen molar-refractivity contribution in [3.63, 3.8) is 0 Å². The van der Waals surface area contributed by atoms with Gasteiger partial charge in [0.05, 0.1) is 12.2 Å². The average molecular weight is 183 g/mol. The molecule has 2 aliphatic heterocycles. The van der Waals surface area contributed by atoms with Crippen molar-refractivity contribution in [1.82, 2.24) is 5.32 Å². The normalized spacial score (nSPS) is 45.2. The van der Waals surface area contributed by atoms with Crippen LogP contribution in [0.4, 0.5) is 0 Å². The molecule has 13 heavy (non-hydrogen) atoms. The summed E-state index contributed by atoms with van der Waals surface area (Å²) < 4.78 is 5.67. The van der Waals surface area contributed by atoms with Gasteiger partial charge >= 0.3 is 0 Å². The largest absolute Gasteiger partial charge is 0.376 e. The molecule has 3 nitrogen and oxygen atoms in total. The van der Waals surface area contributed by atoms with Gasteiger partial charge in [0.2, 0.25) is 5.91 Å². The van der Waals surface area contributed by atoms with Crippen LogP contribution in [0.2, 0.25) is 0 Å². The number of carbonyl (C=O) groups is 1. The molecule has 0 bridgehead atoms. The van der Waals surface area contributed by atoms with Crippen LogP contribution in [0, 0.1) is 5.41 Å². The number of hydrogen-bond acceptors (Lipinski definition) is 2. The minimum absolute atomic E-state index is 0.203. The summed E-state index contributed by atoms with van der Waals surface area (Å²) >= 11 is 0. The Hall–Kier alpha value is -0.570. The Morgan fingerprint density at radius 2 is 2.00 bits per heavy atom. The minimum Gasteiger partial charge on any atom is -0.376 e. The first-order chi connectivity index (χ1) is 6.10. The topological polar surface area (TPSA) is 38.3 Å². The maximum atomic E-state index is 11.2. The van der Waals surface area contributed by atoms with Crippen LogP contribution in [0.15, 0.2) is 0 Å². The molecule has 1 N–H and O–H groups in total. The van der Waals surface area contributed by atoms with Crippen LogP contribution in [0.5, 0.6) is 0 Å². The molecule has 2 heterocycles. The molecule has 0 aliphatic carbocycles. The van der Waals surface area contributed by atoms with E-state index >= 15 is 0 Å². The van der Waals surface area contributed by atoms with E-state index in [2.05, 4.69) is 19.2 Å². The first-order valence-electron chi connectivity index (χ1n) is 5.02. The highest BCUT2D eigenvalue weighted by Gasteiger charge is 2.43. The third-order valence-electron chi connectivity index (χ3n) is 3.10. The molecule has 0 aromatic rings. The number of nitrogens with one attached hydrogen (secondary N) is 1. The lowest BCUT2D eigenvalue weighted by molar-refractivity contribution is -0.121. The van der Waals surface area contributed by atoms with Crippen LogP contribution in [0.25, 0.3) is 0 Å². The van der Waals surface area contributed by atoms with Crippen molar-refractivity contribution in [1.29, 1.82) is 0 Å². The van der Waals surface area contributed by atoms with Gasteiger partial charge in [-0.1, -0.05) is 0 Å². The molecule has 1 spiro atoms. The Balaban J connectivity index is 2.09. The van der Waals surface area contributed by atoms with Crippen LogP contribution in [-0.4, -0.2) is 24.7 Å². The van der Waals surface area contributed by atoms with Crippen LogP contribution in [-0.2, 0) is 9.53 Å². The quantitative estimate of drug-likeness (QED) is 0.610. The maximum Gasteiger partial charge on any atom is 0.220 e. The summed E-state index contributed by atoms with van der Waals surface area (Å²) in [5.41, 5.74) is 0.203. The summed E-state index contributed by atoms with van der Waals surface area (Å²) in [6, 6.07) is 0. The third-order valence-corrected chi connectivity index (χ3v) is 3.10. The average Bonchev–Trinajstić information content (AvgIpc) is 2.28. The third kappa shape index (κ3) is 1.70. The van der Waals surface area contributed by atoms with Crippen molar-refractivity contribution < 1.29 is 9.53 Å². The Labute approximate surface area is 78.8 Å². The van der Waals surface area contributed by atoms with Gasteiger partial charge in [-0.15, -0.1) is 0 Å². The van der Waals surface area contributed by atoms with Crippen LogP contribution in [0.3, 0.4) is 0 Å². The molecule has 2 atom stereocenters. The van der Waals surface area contributed by atoms with Gasteiger partial charge < -0.3 is 10.1 Å². The lowest BCUT2D eigenvalue weighted by Gasteiger charge is -2.39. The van der Waals surface area contributed by atoms with Gasteiger partial charge in [-0.25, -0.2) is 0 Å². The summed E-state index contributed by atoms with van der Waals surface area (Å²) in [5.74, 6) is 0.210. The van der Waals surface area contributed by atoms with Crippen molar-refractivity contribution in [2.45, 2.75) is 45.3 Å². The Bertz CT molecular complexity index is 217. The summed E-state index contributed by atoms with van der Waals surface area (Å²) in [5, 5.41) is 2.93. The number of carbonyl (C=O) groups excluding carboxylic acids is 1. The maximum absolute atomic E-state index is 11.2.